The minimum Gasteiger partial charge on any atom is -0.341 e. The Labute approximate surface area is 206 Å². The maximum atomic E-state index is 13.4. The highest BCUT2D eigenvalue weighted by molar-refractivity contribution is 5.88. The molecule has 1 aliphatic rings. The maximum Gasteiger partial charge on any atom is 0.249 e. The average Bonchev–Trinajstić information content (AvgIpc) is 3.31. The molecule has 0 saturated carbocycles. The largest absolute Gasteiger partial charge is 0.341 e. The molecule has 2 amide bonds. The van der Waals surface area contributed by atoms with Gasteiger partial charge in [-0.05, 0) is 24.0 Å². The van der Waals surface area contributed by atoms with E-state index in [-0.39, 0.29) is 17.7 Å². The highest BCUT2D eigenvalue weighted by atomic mass is 16.5. The lowest BCUT2D eigenvalue weighted by atomic mass is 10.0. The molecule has 0 aliphatic carbocycles. The van der Waals surface area contributed by atoms with Gasteiger partial charge in [0.15, 0.2) is 0 Å². The smallest absolute Gasteiger partial charge is 0.249 e. The number of amides is 2. The predicted octanol–water partition coefficient (Wildman–Crippen LogP) is 3.59. The quantitative estimate of drug-likeness (QED) is 0.535. The van der Waals surface area contributed by atoms with E-state index in [1.54, 1.807) is 0 Å². The number of nitrogens with one attached hydrogen (secondary N) is 1. The Hall–Kier alpha value is -3.52. The number of rotatable bonds is 8. The zero-order valence-electron chi connectivity index (χ0n) is 20.6. The average molecular weight is 476 g/mol. The van der Waals surface area contributed by atoms with Gasteiger partial charge in [0.25, 0.3) is 0 Å². The van der Waals surface area contributed by atoms with Crippen molar-refractivity contribution in [1.29, 1.82) is 0 Å². The van der Waals surface area contributed by atoms with Crippen molar-refractivity contribution in [3.8, 4) is 11.4 Å². The van der Waals surface area contributed by atoms with Crippen molar-refractivity contribution in [3.05, 3.63) is 71.6 Å². The highest BCUT2D eigenvalue weighted by Gasteiger charge is 2.30. The van der Waals surface area contributed by atoms with Crippen molar-refractivity contribution in [1.82, 2.24) is 25.3 Å². The molecule has 8 heteroatoms. The number of aryl methyl sites for hydroxylation is 1. The van der Waals surface area contributed by atoms with Crippen LogP contribution in [0, 0.1) is 12.8 Å². The van der Waals surface area contributed by atoms with E-state index < -0.39 is 6.04 Å². The van der Waals surface area contributed by atoms with Crippen molar-refractivity contribution < 1.29 is 14.1 Å². The Morgan fingerprint density at radius 2 is 1.69 bits per heavy atom. The molecule has 3 aromatic rings. The van der Waals surface area contributed by atoms with Gasteiger partial charge < -0.3 is 14.7 Å². The molecule has 1 unspecified atom stereocenters. The molecule has 1 aliphatic heterocycles. The number of carbonyl (C=O) groups is 2. The van der Waals surface area contributed by atoms with E-state index in [0.717, 1.165) is 16.7 Å². The van der Waals surface area contributed by atoms with E-state index in [2.05, 4.69) is 20.4 Å². The first-order chi connectivity index (χ1) is 16.9. The van der Waals surface area contributed by atoms with Gasteiger partial charge in [0.2, 0.25) is 23.5 Å². The minimum absolute atomic E-state index is 0.0763. The summed E-state index contributed by atoms with van der Waals surface area (Å²) in [5.74, 6) is 1.19. The van der Waals surface area contributed by atoms with Crippen LogP contribution in [0.3, 0.4) is 0 Å². The fourth-order valence-corrected chi connectivity index (χ4v) is 4.28. The van der Waals surface area contributed by atoms with Crippen LogP contribution in [-0.4, -0.2) is 57.9 Å². The zero-order chi connectivity index (χ0) is 24.8. The molecule has 0 bridgehead atoms. The van der Waals surface area contributed by atoms with Crippen LogP contribution in [0.15, 0.2) is 59.1 Å². The fourth-order valence-electron chi connectivity index (χ4n) is 4.28. The summed E-state index contributed by atoms with van der Waals surface area (Å²) in [4.78, 5) is 34.5. The van der Waals surface area contributed by atoms with Crippen LogP contribution in [0.4, 0.5) is 0 Å². The summed E-state index contributed by atoms with van der Waals surface area (Å²) in [6.07, 6.45) is 0.388. The minimum atomic E-state index is -0.679. The molecule has 0 spiro atoms. The number of aromatic nitrogens is 2. The first kappa shape index (κ1) is 24.6. The number of benzene rings is 2. The molecular weight excluding hydrogens is 442 g/mol. The first-order valence-corrected chi connectivity index (χ1v) is 12.1. The van der Waals surface area contributed by atoms with E-state index in [1.807, 2.05) is 80.3 Å². The monoisotopic (exact) mass is 475 g/mol. The summed E-state index contributed by atoms with van der Waals surface area (Å²) >= 11 is 0. The summed E-state index contributed by atoms with van der Waals surface area (Å²) in [5, 5.41) is 7.10. The second kappa shape index (κ2) is 11.3. The lowest BCUT2D eigenvalue weighted by molar-refractivity contribution is -0.138. The molecule has 1 saturated heterocycles. The van der Waals surface area contributed by atoms with E-state index in [1.165, 1.54) is 0 Å². The van der Waals surface area contributed by atoms with Crippen LogP contribution in [0.2, 0.25) is 0 Å². The third-order valence-corrected chi connectivity index (χ3v) is 6.18. The zero-order valence-corrected chi connectivity index (χ0v) is 20.6. The van der Waals surface area contributed by atoms with Crippen molar-refractivity contribution in [2.45, 2.75) is 39.8 Å². The van der Waals surface area contributed by atoms with Gasteiger partial charge in [-0.3, -0.25) is 14.5 Å². The van der Waals surface area contributed by atoms with Gasteiger partial charge in [-0.25, -0.2) is 0 Å². The highest BCUT2D eigenvalue weighted by Crippen LogP contribution is 2.21. The number of hydrogen-bond acceptors (Lipinski definition) is 6. The number of carbonyl (C=O) groups excluding carboxylic acids is 2. The SMILES string of the molecule is Cc1ccccc1-c1noc(CN2CCN(C(=O)C(NC(=O)CC(C)C)c3ccccc3)CC2)n1. The van der Waals surface area contributed by atoms with Crippen LogP contribution < -0.4 is 5.32 Å². The molecule has 1 atom stereocenters. The molecular formula is C27H33N5O3. The second-order valence-corrected chi connectivity index (χ2v) is 9.44. The molecule has 1 N–H and O–H groups in total. The van der Waals surface area contributed by atoms with Gasteiger partial charge in [-0.15, -0.1) is 0 Å². The molecule has 184 valence electrons. The second-order valence-electron chi connectivity index (χ2n) is 9.44. The summed E-state index contributed by atoms with van der Waals surface area (Å²) < 4.78 is 5.49. The lowest BCUT2D eigenvalue weighted by Crippen LogP contribution is -2.51. The van der Waals surface area contributed by atoms with Gasteiger partial charge in [0.05, 0.1) is 6.54 Å². The van der Waals surface area contributed by atoms with E-state index >= 15 is 0 Å². The lowest BCUT2D eigenvalue weighted by Gasteiger charge is -2.36. The van der Waals surface area contributed by atoms with Gasteiger partial charge in [-0.1, -0.05) is 73.6 Å². The van der Waals surface area contributed by atoms with Crippen molar-refractivity contribution in [2.75, 3.05) is 26.2 Å². The van der Waals surface area contributed by atoms with Crippen LogP contribution >= 0.6 is 0 Å². The fraction of sp³-hybridized carbons (Fsp3) is 0.407. The third-order valence-electron chi connectivity index (χ3n) is 6.18. The van der Waals surface area contributed by atoms with Crippen molar-refractivity contribution >= 4 is 11.8 Å². The number of piperazine rings is 1. The summed E-state index contributed by atoms with van der Waals surface area (Å²) in [6, 6.07) is 16.7. The topological polar surface area (TPSA) is 91.6 Å². The molecule has 35 heavy (non-hydrogen) atoms. The summed E-state index contributed by atoms with van der Waals surface area (Å²) in [7, 11) is 0. The standard InChI is InChI=1S/C27H33N5O3/c1-19(2)17-23(33)28-25(21-10-5-4-6-11-21)27(34)32-15-13-31(14-16-32)18-24-29-26(30-35-24)22-12-8-7-9-20(22)3/h4-12,19,25H,13-18H2,1-3H3,(H,28,33). The van der Waals surface area contributed by atoms with Crippen LogP contribution in [0.1, 0.15) is 43.3 Å². The van der Waals surface area contributed by atoms with Gasteiger partial charge >= 0.3 is 0 Å². The summed E-state index contributed by atoms with van der Waals surface area (Å²) in [6.45, 7) is 9.06. The van der Waals surface area contributed by atoms with Gasteiger partial charge in [0.1, 0.15) is 6.04 Å². The van der Waals surface area contributed by atoms with E-state index in [4.69, 9.17) is 4.52 Å². The van der Waals surface area contributed by atoms with Crippen LogP contribution in [0.25, 0.3) is 11.4 Å². The molecule has 2 heterocycles. The van der Waals surface area contributed by atoms with E-state index in [9.17, 15) is 9.59 Å². The van der Waals surface area contributed by atoms with Crippen molar-refractivity contribution in [2.24, 2.45) is 5.92 Å². The summed E-state index contributed by atoms with van der Waals surface area (Å²) in [5.41, 5.74) is 2.86. The van der Waals surface area contributed by atoms with Gasteiger partial charge in [-0.2, -0.15) is 4.98 Å². The molecule has 8 nitrogen and oxygen atoms in total. The molecule has 2 aromatic carbocycles. The van der Waals surface area contributed by atoms with Crippen LogP contribution in [-0.2, 0) is 16.1 Å². The Kier molecular flexibility index (Phi) is 7.92. The number of hydrogen-bond donors (Lipinski definition) is 1. The van der Waals surface area contributed by atoms with Gasteiger partial charge in [0, 0.05) is 38.2 Å². The normalized spacial score (nSPS) is 15.3. The first-order valence-electron chi connectivity index (χ1n) is 12.1. The molecule has 1 aromatic heterocycles. The maximum absolute atomic E-state index is 13.4. The predicted molar refractivity (Wildman–Crippen MR) is 133 cm³/mol. The Balaban J connectivity index is 1.36. The van der Waals surface area contributed by atoms with Crippen LogP contribution in [0.5, 0.6) is 0 Å². The third kappa shape index (κ3) is 6.33. The molecule has 4 rings (SSSR count). The van der Waals surface area contributed by atoms with E-state index in [0.29, 0.717) is 50.9 Å². The molecule has 0 radical (unpaired) electrons. The molecule has 1 fully saturated rings. The number of nitrogens with zero attached hydrogens (tertiary/aromatic N) is 4. The van der Waals surface area contributed by atoms with Crippen molar-refractivity contribution in [3.63, 3.8) is 0 Å². The Morgan fingerprint density at radius 1 is 1.00 bits per heavy atom. The Morgan fingerprint density at radius 3 is 2.37 bits per heavy atom. The Bertz CT molecular complexity index is 1140.